The van der Waals surface area contributed by atoms with Crippen molar-refractivity contribution in [2.24, 2.45) is 0 Å². The van der Waals surface area contributed by atoms with Crippen LogP contribution in [0.3, 0.4) is 0 Å². The molecule has 8 heteroatoms. The molecule has 2 heterocycles. The lowest BCUT2D eigenvalue weighted by Gasteiger charge is -2.23. The number of aromatic nitrogens is 1. The Morgan fingerprint density at radius 3 is 2.48 bits per heavy atom. The molecular weight excluding hydrogens is 440 g/mol. The summed E-state index contributed by atoms with van der Waals surface area (Å²) in [6.45, 7) is 2.63. The Bertz CT molecular complexity index is 1180. The van der Waals surface area contributed by atoms with E-state index in [1.165, 1.54) is 4.31 Å². The van der Waals surface area contributed by atoms with Gasteiger partial charge in [-0.1, -0.05) is 35.9 Å². The van der Waals surface area contributed by atoms with E-state index in [0.717, 1.165) is 16.8 Å². The van der Waals surface area contributed by atoms with Crippen LogP contribution in [0.25, 0.3) is 0 Å². The van der Waals surface area contributed by atoms with Crippen LogP contribution in [0.1, 0.15) is 29.7 Å². The maximum atomic E-state index is 13.0. The van der Waals surface area contributed by atoms with Crippen molar-refractivity contribution in [3.05, 3.63) is 89.7 Å². The second-order valence-electron chi connectivity index (χ2n) is 7.95. The summed E-state index contributed by atoms with van der Waals surface area (Å²) in [4.78, 5) is 17.1. The minimum atomic E-state index is -3.76. The fourth-order valence-electron chi connectivity index (χ4n) is 3.68. The molecule has 0 amide bonds. The zero-order valence-corrected chi connectivity index (χ0v) is 19.2. The van der Waals surface area contributed by atoms with E-state index in [9.17, 15) is 13.2 Å². The molecule has 4 rings (SSSR count). The fraction of sp³-hybridized carbons (Fsp3) is 0.280. The van der Waals surface area contributed by atoms with Crippen molar-refractivity contribution in [1.82, 2.24) is 9.29 Å². The highest BCUT2D eigenvalue weighted by Gasteiger charge is 2.40. The number of hydrogen-bond acceptors (Lipinski definition) is 6. The van der Waals surface area contributed by atoms with Crippen LogP contribution in [-0.4, -0.2) is 36.3 Å². The molecule has 2 aromatic carbocycles. The van der Waals surface area contributed by atoms with E-state index in [2.05, 4.69) is 4.98 Å². The first-order valence-electron chi connectivity index (χ1n) is 10.8. The molecule has 3 aromatic rings. The van der Waals surface area contributed by atoms with Gasteiger partial charge in [-0.25, -0.2) is 8.42 Å². The molecule has 1 fully saturated rings. The lowest BCUT2D eigenvalue weighted by molar-refractivity contribution is -0.148. The molecule has 1 aromatic heterocycles. The zero-order valence-electron chi connectivity index (χ0n) is 18.4. The molecule has 1 aliphatic heterocycles. The van der Waals surface area contributed by atoms with E-state index in [1.807, 2.05) is 37.3 Å². The van der Waals surface area contributed by atoms with Crippen molar-refractivity contribution in [1.29, 1.82) is 0 Å². The molecule has 0 unspecified atom stereocenters. The van der Waals surface area contributed by atoms with Gasteiger partial charge in [0, 0.05) is 12.7 Å². The molecular formula is C25H26N2O5S. The Balaban J connectivity index is 1.33. The molecule has 0 radical (unpaired) electrons. The van der Waals surface area contributed by atoms with Crippen molar-refractivity contribution >= 4 is 16.0 Å². The van der Waals surface area contributed by atoms with Crippen LogP contribution in [0.2, 0.25) is 0 Å². The maximum absolute atomic E-state index is 13.0. The number of nitrogens with zero attached hydrogens (tertiary/aromatic N) is 2. The molecule has 0 bridgehead atoms. The summed E-state index contributed by atoms with van der Waals surface area (Å²) < 4.78 is 38.5. The molecule has 0 saturated carbocycles. The number of sulfonamides is 1. The Kier molecular flexibility index (Phi) is 7.05. The van der Waals surface area contributed by atoms with Gasteiger partial charge in [-0.2, -0.15) is 4.31 Å². The van der Waals surface area contributed by atoms with Gasteiger partial charge >= 0.3 is 5.97 Å². The average molecular weight is 467 g/mol. The predicted molar refractivity (Wildman–Crippen MR) is 123 cm³/mol. The van der Waals surface area contributed by atoms with Crippen LogP contribution in [0, 0.1) is 6.92 Å². The van der Waals surface area contributed by atoms with Crippen LogP contribution >= 0.6 is 0 Å². The topological polar surface area (TPSA) is 85.8 Å². The Morgan fingerprint density at radius 1 is 1.03 bits per heavy atom. The minimum Gasteiger partial charge on any atom is -0.487 e. The van der Waals surface area contributed by atoms with E-state index < -0.39 is 22.0 Å². The molecule has 1 aliphatic rings. The summed E-state index contributed by atoms with van der Waals surface area (Å²) >= 11 is 0. The van der Waals surface area contributed by atoms with E-state index in [1.54, 1.807) is 42.6 Å². The largest absolute Gasteiger partial charge is 0.487 e. The van der Waals surface area contributed by atoms with Crippen molar-refractivity contribution in [3.63, 3.8) is 0 Å². The van der Waals surface area contributed by atoms with Gasteiger partial charge in [0.1, 0.15) is 25.0 Å². The molecule has 33 heavy (non-hydrogen) atoms. The molecule has 1 atom stereocenters. The third-order valence-corrected chi connectivity index (χ3v) is 7.44. The number of rotatable bonds is 8. The first-order valence-corrected chi connectivity index (χ1v) is 12.2. The van der Waals surface area contributed by atoms with E-state index in [0.29, 0.717) is 31.7 Å². The number of pyridine rings is 1. The molecule has 172 valence electrons. The second-order valence-corrected chi connectivity index (χ2v) is 9.84. The lowest BCUT2D eigenvalue weighted by Crippen LogP contribution is -2.41. The van der Waals surface area contributed by atoms with Crippen LogP contribution < -0.4 is 4.74 Å². The number of hydrogen-bond donors (Lipinski definition) is 0. The third-order valence-electron chi connectivity index (χ3n) is 5.52. The summed E-state index contributed by atoms with van der Waals surface area (Å²) in [5.41, 5.74) is 2.59. The highest BCUT2D eigenvalue weighted by molar-refractivity contribution is 7.89. The van der Waals surface area contributed by atoms with Crippen LogP contribution in [-0.2, 0) is 32.8 Å². The van der Waals surface area contributed by atoms with E-state index in [-0.39, 0.29) is 11.5 Å². The number of ether oxygens (including phenoxy) is 2. The molecule has 1 saturated heterocycles. The number of esters is 1. The van der Waals surface area contributed by atoms with Gasteiger partial charge in [-0.05, 0) is 61.7 Å². The molecule has 7 nitrogen and oxygen atoms in total. The summed E-state index contributed by atoms with van der Waals surface area (Å²) in [7, 11) is -3.76. The van der Waals surface area contributed by atoms with Crippen molar-refractivity contribution in [3.8, 4) is 5.75 Å². The fourth-order valence-corrected chi connectivity index (χ4v) is 5.33. The van der Waals surface area contributed by atoms with E-state index >= 15 is 0 Å². The van der Waals surface area contributed by atoms with Gasteiger partial charge in [0.2, 0.25) is 10.0 Å². The van der Waals surface area contributed by atoms with Gasteiger partial charge in [0.15, 0.2) is 0 Å². The van der Waals surface area contributed by atoms with Gasteiger partial charge in [0.25, 0.3) is 0 Å². The lowest BCUT2D eigenvalue weighted by atomic mass is 10.2. The van der Waals surface area contributed by atoms with Crippen LogP contribution in [0.5, 0.6) is 5.75 Å². The summed E-state index contributed by atoms with van der Waals surface area (Å²) in [6.07, 6.45) is 2.78. The summed E-state index contributed by atoms with van der Waals surface area (Å²) in [5, 5.41) is 0. The van der Waals surface area contributed by atoms with Crippen molar-refractivity contribution in [2.75, 3.05) is 6.54 Å². The maximum Gasteiger partial charge on any atom is 0.324 e. The van der Waals surface area contributed by atoms with Crippen LogP contribution in [0.15, 0.2) is 77.8 Å². The highest BCUT2D eigenvalue weighted by atomic mass is 32.2. The standard InChI is InChI=1S/C25H26N2O5S/c1-19-7-13-23(14-8-19)33(29,30)27-16-4-6-24(27)25(28)32-17-20-9-11-22(12-10-20)31-18-21-5-2-3-15-26-21/h2-3,5,7-15,24H,4,6,16-18H2,1H3/t24-/m0/s1. The van der Waals surface area contributed by atoms with Crippen LogP contribution in [0.4, 0.5) is 0 Å². The number of benzene rings is 2. The zero-order chi connectivity index (χ0) is 23.3. The Hall–Kier alpha value is -3.23. The Labute approximate surface area is 194 Å². The van der Waals surface area contributed by atoms with Gasteiger partial charge in [-0.15, -0.1) is 0 Å². The monoisotopic (exact) mass is 466 g/mol. The van der Waals surface area contributed by atoms with Gasteiger partial charge < -0.3 is 9.47 Å². The SMILES string of the molecule is Cc1ccc(S(=O)(=O)N2CCC[C@H]2C(=O)OCc2ccc(OCc3ccccn3)cc2)cc1. The average Bonchev–Trinajstić information content (AvgIpc) is 3.34. The third kappa shape index (κ3) is 5.58. The first-order chi connectivity index (χ1) is 15.9. The van der Waals surface area contributed by atoms with Gasteiger partial charge in [-0.3, -0.25) is 9.78 Å². The smallest absolute Gasteiger partial charge is 0.324 e. The quantitative estimate of drug-likeness (QED) is 0.469. The molecule has 0 N–H and O–H groups in total. The number of carbonyl (C=O) groups is 1. The molecule has 0 spiro atoms. The summed E-state index contributed by atoms with van der Waals surface area (Å²) in [6, 6.07) is 18.7. The summed E-state index contributed by atoms with van der Waals surface area (Å²) in [5.74, 6) is 0.153. The first kappa shape index (κ1) is 22.9. The number of aryl methyl sites for hydroxylation is 1. The minimum absolute atomic E-state index is 0.0638. The Morgan fingerprint density at radius 2 is 1.79 bits per heavy atom. The van der Waals surface area contributed by atoms with Crippen molar-refractivity contribution < 1.29 is 22.7 Å². The normalized spacial score (nSPS) is 16.5. The highest BCUT2D eigenvalue weighted by Crippen LogP contribution is 2.27. The second kappa shape index (κ2) is 10.1. The van der Waals surface area contributed by atoms with Crippen molar-refractivity contribution in [2.45, 2.75) is 43.9 Å². The van der Waals surface area contributed by atoms with E-state index in [4.69, 9.17) is 9.47 Å². The number of carbonyl (C=O) groups excluding carboxylic acids is 1. The predicted octanol–water partition coefficient (Wildman–Crippen LogP) is 3.87. The van der Waals surface area contributed by atoms with Gasteiger partial charge in [0.05, 0.1) is 10.6 Å². The molecule has 0 aliphatic carbocycles.